The molecule has 1 aromatic carbocycles. The summed E-state index contributed by atoms with van der Waals surface area (Å²) < 4.78 is 16.4. The summed E-state index contributed by atoms with van der Waals surface area (Å²) in [7, 11) is 0. The van der Waals surface area contributed by atoms with E-state index in [9.17, 15) is 25.2 Å². The van der Waals surface area contributed by atoms with Crippen molar-refractivity contribution in [3.63, 3.8) is 0 Å². The van der Waals surface area contributed by atoms with Crippen molar-refractivity contribution in [2.75, 3.05) is 6.61 Å². The van der Waals surface area contributed by atoms with Crippen molar-refractivity contribution < 1.29 is 34.3 Å². The van der Waals surface area contributed by atoms with Crippen LogP contribution >= 0.6 is 0 Å². The van der Waals surface area contributed by atoms with Crippen molar-refractivity contribution in [1.82, 2.24) is 0 Å². The molecule has 1 aromatic heterocycles. The highest BCUT2D eigenvalue weighted by Crippen LogP contribution is 2.31. The van der Waals surface area contributed by atoms with Crippen molar-refractivity contribution in [3.05, 3.63) is 52.4 Å². The highest BCUT2D eigenvalue weighted by atomic mass is 16.7. The summed E-state index contributed by atoms with van der Waals surface area (Å²) in [6.07, 6.45) is -5.70. The summed E-state index contributed by atoms with van der Waals surface area (Å²) in [4.78, 5) is 11.5. The highest BCUT2D eigenvalue weighted by Gasteiger charge is 2.44. The van der Waals surface area contributed by atoms with Crippen LogP contribution in [0.3, 0.4) is 0 Å². The van der Waals surface area contributed by atoms with Crippen LogP contribution in [0.2, 0.25) is 0 Å². The molecule has 0 aliphatic carbocycles. The lowest BCUT2D eigenvalue weighted by molar-refractivity contribution is -0.277. The van der Waals surface area contributed by atoms with Crippen LogP contribution in [0, 0.1) is 0 Å². The second-order valence-corrected chi connectivity index (χ2v) is 7.02. The maximum atomic E-state index is 11.5. The first-order chi connectivity index (χ1) is 13.3. The van der Waals surface area contributed by atoms with Gasteiger partial charge < -0.3 is 34.3 Å². The molecule has 1 aliphatic heterocycles. The quantitative estimate of drug-likeness (QED) is 0.413. The number of ether oxygens (including phenoxy) is 2. The van der Waals surface area contributed by atoms with Crippen LogP contribution in [0.25, 0.3) is 11.0 Å². The largest absolute Gasteiger partial charge is 0.462 e. The Balaban J connectivity index is 1.96. The van der Waals surface area contributed by atoms with E-state index in [1.165, 1.54) is 12.1 Å². The first kappa shape index (κ1) is 20.5. The van der Waals surface area contributed by atoms with Gasteiger partial charge in [-0.05, 0) is 37.5 Å². The molecule has 1 saturated heterocycles. The molecule has 152 valence electrons. The molecule has 1 aliphatic rings. The first-order valence-corrected chi connectivity index (χ1v) is 8.98. The van der Waals surface area contributed by atoms with Crippen LogP contribution in [0.15, 0.2) is 45.6 Å². The van der Waals surface area contributed by atoms with Gasteiger partial charge in [-0.2, -0.15) is 0 Å². The molecule has 0 saturated carbocycles. The Morgan fingerprint density at radius 1 is 1.18 bits per heavy atom. The van der Waals surface area contributed by atoms with Crippen molar-refractivity contribution in [1.29, 1.82) is 0 Å². The minimum absolute atomic E-state index is 0.297. The third-order valence-corrected chi connectivity index (χ3v) is 4.72. The minimum atomic E-state index is -1.55. The monoisotopic (exact) mass is 392 g/mol. The fourth-order valence-corrected chi connectivity index (χ4v) is 3.09. The number of hydrogen-bond acceptors (Lipinski definition) is 8. The zero-order valence-corrected chi connectivity index (χ0v) is 15.4. The topological polar surface area (TPSA) is 130 Å². The van der Waals surface area contributed by atoms with Gasteiger partial charge in [0.1, 0.15) is 35.7 Å². The summed E-state index contributed by atoms with van der Waals surface area (Å²) >= 11 is 0. The predicted octanol–water partition coefficient (Wildman–Crippen LogP) is 0.480. The molecule has 2 heterocycles. The Bertz CT molecular complexity index is 903. The Hall–Kier alpha value is -2.23. The lowest BCUT2D eigenvalue weighted by Crippen LogP contribution is -2.60. The smallest absolute Gasteiger partial charge is 0.336 e. The average molecular weight is 392 g/mol. The summed E-state index contributed by atoms with van der Waals surface area (Å²) in [6, 6.07) is 6.29. The number of aliphatic hydroxyl groups is 4. The molecule has 8 heteroatoms. The number of benzene rings is 1. The van der Waals surface area contributed by atoms with Crippen molar-refractivity contribution in [2.45, 2.75) is 50.5 Å². The molecular formula is C20H24O8. The second-order valence-electron chi connectivity index (χ2n) is 7.02. The predicted molar refractivity (Wildman–Crippen MR) is 100 cm³/mol. The zero-order chi connectivity index (χ0) is 20.4. The van der Waals surface area contributed by atoms with E-state index in [-0.39, 0.29) is 0 Å². The highest BCUT2D eigenvalue weighted by molar-refractivity contribution is 5.79. The number of aryl methyl sites for hydroxylation is 1. The molecular weight excluding hydrogens is 368 g/mol. The van der Waals surface area contributed by atoms with E-state index < -0.39 is 42.9 Å². The van der Waals surface area contributed by atoms with E-state index in [2.05, 4.69) is 6.58 Å². The van der Waals surface area contributed by atoms with Gasteiger partial charge in [-0.15, -0.1) is 6.58 Å². The first-order valence-electron chi connectivity index (χ1n) is 8.98. The number of aliphatic hydroxyl groups excluding tert-OH is 4. The second kappa shape index (κ2) is 8.42. The van der Waals surface area contributed by atoms with Gasteiger partial charge in [0.25, 0.3) is 0 Å². The Morgan fingerprint density at radius 3 is 2.61 bits per heavy atom. The van der Waals surface area contributed by atoms with Crippen LogP contribution in [0.1, 0.15) is 18.9 Å². The van der Waals surface area contributed by atoms with Crippen molar-refractivity contribution in [3.8, 4) is 5.75 Å². The maximum Gasteiger partial charge on any atom is 0.336 e. The molecule has 3 rings (SSSR count). The van der Waals surface area contributed by atoms with Gasteiger partial charge in [0.15, 0.2) is 0 Å². The van der Waals surface area contributed by atoms with Gasteiger partial charge in [-0.1, -0.05) is 5.57 Å². The summed E-state index contributed by atoms with van der Waals surface area (Å²) in [5, 5.41) is 40.1. The standard InChI is InChI=1S/C20H24O8/c1-10(2)3-4-11-7-12-5-6-16(22)26-13(12)8-14(11)27-20-19(25)18(24)17(23)15(9-21)28-20/h5-8,15,17-21,23-25H,1,3-4,9H2,2H3/t15-,17-,18+,19-,20-/m1/s1. The van der Waals surface area contributed by atoms with Gasteiger partial charge in [0, 0.05) is 17.5 Å². The number of allylic oxidation sites excluding steroid dienone is 1. The molecule has 0 spiro atoms. The van der Waals surface area contributed by atoms with E-state index in [4.69, 9.17) is 13.9 Å². The molecule has 8 nitrogen and oxygen atoms in total. The Morgan fingerprint density at radius 2 is 1.93 bits per heavy atom. The zero-order valence-electron chi connectivity index (χ0n) is 15.4. The summed E-state index contributed by atoms with van der Waals surface area (Å²) in [5.74, 6) is 0.299. The van der Waals surface area contributed by atoms with Crippen LogP contribution in [-0.2, 0) is 11.2 Å². The van der Waals surface area contributed by atoms with Gasteiger partial charge in [-0.25, -0.2) is 4.79 Å². The number of rotatable bonds is 6. The van der Waals surface area contributed by atoms with Gasteiger partial charge >= 0.3 is 5.63 Å². The van der Waals surface area contributed by atoms with E-state index in [1.807, 2.05) is 6.92 Å². The fourth-order valence-electron chi connectivity index (χ4n) is 3.09. The molecule has 1 fully saturated rings. The van der Waals surface area contributed by atoms with Crippen LogP contribution in [-0.4, -0.2) is 57.7 Å². The normalized spacial score (nSPS) is 27.7. The molecule has 4 N–H and O–H groups in total. The van der Waals surface area contributed by atoms with E-state index in [0.29, 0.717) is 29.6 Å². The molecule has 0 radical (unpaired) electrons. The number of hydrogen-bond donors (Lipinski definition) is 4. The van der Waals surface area contributed by atoms with Gasteiger partial charge in [0.2, 0.25) is 6.29 Å². The SMILES string of the molecule is C=C(C)CCc1cc2ccc(=O)oc2cc1O[C@@H]1O[C@H](CO)[C@@H](O)[C@H](O)[C@H]1O. The summed E-state index contributed by atoms with van der Waals surface area (Å²) in [6.45, 7) is 5.23. The fraction of sp³-hybridized carbons (Fsp3) is 0.450. The third-order valence-electron chi connectivity index (χ3n) is 4.72. The van der Waals surface area contributed by atoms with Gasteiger partial charge in [-0.3, -0.25) is 0 Å². The lowest BCUT2D eigenvalue weighted by Gasteiger charge is -2.39. The molecule has 28 heavy (non-hydrogen) atoms. The van der Waals surface area contributed by atoms with E-state index in [0.717, 1.165) is 11.1 Å². The Kier molecular flexibility index (Phi) is 6.17. The average Bonchev–Trinajstić information content (AvgIpc) is 2.66. The Labute approximate surface area is 161 Å². The molecule has 0 bridgehead atoms. The summed E-state index contributed by atoms with van der Waals surface area (Å²) in [5.41, 5.74) is 1.52. The van der Waals surface area contributed by atoms with Crippen LogP contribution < -0.4 is 10.4 Å². The minimum Gasteiger partial charge on any atom is -0.462 e. The lowest BCUT2D eigenvalue weighted by atomic mass is 9.99. The molecule has 2 aromatic rings. The maximum absolute atomic E-state index is 11.5. The molecule has 5 atom stereocenters. The van der Waals surface area contributed by atoms with E-state index in [1.54, 1.807) is 12.1 Å². The molecule has 0 amide bonds. The third kappa shape index (κ3) is 4.26. The van der Waals surface area contributed by atoms with Crippen LogP contribution in [0.4, 0.5) is 0 Å². The van der Waals surface area contributed by atoms with Crippen molar-refractivity contribution >= 4 is 11.0 Å². The van der Waals surface area contributed by atoms with Crippen molar-refractivity contribution in [2.24, 2.45) is 0 Å². The van der Waals surface area contributed by atoms with Gasteiger partial charge in [0.05, 0.1) is 6.61 Å². The van der Waals surface area contributed by atoms with E-state index >= 15 is 0 Å². The van der Waals surface area contributed by atoms with Crippen LogP contribution in [0.5, 0.6) is 5.75 Å². The number of fused-ring (bicyclic) bond motifs is 1. The molecule has 0 unspecified atom stereocenters.